The maximum Gasteiger partial charge on any atom is 0.418 e. The molecule has 1 aliphatic rings. The lowest BCUT2D eigenvalue weighted by Crippen LogP contribution is -2.44. The molecule has 1 saturated heterocycles. The first-order valence-electron chi connectivity index (χ1n) is 14.5. The lowest BCUT2D eigenvalue weighted by Gasteiger charge is -2.35. The van der Waals surface area contributed by atoms with Gasteiger partial charge in [0.2, 0.25) is 11.8 Å². The number of nitrogens with one attached hydrogen (secondary N) is 2. The minimum Gasteiger partial charge on any atom is -0.493 e. The molecule has 12 heteroatoms. The summed E-state index contributed by atoms with van der Waals surface area (Å²) in [7, 11) is 3.07. The monoisotopic (exact) mass is 634 g/mol. The van der Waals surface area contributed by atoms with Crippen molar-refractivity contribution in [1.82, 2.24) is 10.3 Å². The maximum absolute atomic E-state index is 14.1. The highest BCUT2D eigenvalue weighted by Crippen LogP contribution is 2.40. The van der Waals surface area contributed by atoms with Crippen LogP contribution in [0.25, 0.3) is 10.9 Å². The van der Waals surface area contributed by atoms with Crippen LogP contribution >= 0.6 is 0 Å². The number of methoxy groups -OCH3 is 2. The number of fused-ring (bicyclic) bond motifs is 1. The molecule has 3 aromatic carbocycles. The van der Waals surface area contributed by atoms with Crippen molar-refractivity contribution in [3.63, 3.8) is 0 Å². The minimum absolute atomic E-state index is 0.0311. The molecule has 46 heavy (non-hydrogen) atoms. The molecule has 0 unspecified atom stereocenters. The fraction of sp³-hybridized carbons (Fsp3) is 0.265. The summed E-state index contributed by atoms with van der Waals surface area (Å²) in [6.07, 6.45) is -0.954. The van der Waals surface area contributed by atoms with Gasteiger partial charge in [-0.2, -0.15) is 13.2 Å². The molecule has 9 nitrogen and oxygen atoms in total. The van der Waals surface area contributed by atoms with E-state index in [1.165, 1.54) is 32.4 Å². The van der Waals surface area contributed by atoms with E-state index in [0.29, 0.717) is 65.4 Å². The topological polar surface area (TPSA) is 102 Å². The number of alkyl halides is 3. The minimum atomic E-state index is -4.64. The van der Waals surface area contributed by atoms with Crippen LogP contribution in [0, 0.1) is 0 Å². The molecule has 2 amide bonds. The highest BCUT2D eigenvalue weighted by molar-refractivity contribution is 5.93. The lowest BCUT2D eigenvalue weighted by atomic mass is 10.0. The van der Waals surface area contributed by atoms with Crippen molar-refractivity contribution in [3.05, 3.63) is 90.6 Å². The normalized spacial score (nSPS) is 13.6. The number of carbonyl (C=O) groups excluding carboxylic acids is 2. The zero-order valence-corrected chi connectivity index (χ0v) is 25.3. The largest absolute Gasteiger partial charge is 0.493 e. The highest BCUT2D eigenvalue weighted by atomic mass is 19.4. The summed E-state index contributed by atoms with van der Waals surface area (Å²) in [4.78, 5) is 30.5. The van der Waals surface area contributed by atoms with Crippen molar-refractivity contribution in [2.75, 3.05) is 37.5 Å². The number of pyridine rings is 1. The van der Waals surface area contributed by atoms with Gasteiger partial charge in [0.15, 0.2) is 11.5 Å². The van der Waals surface area contributed by atoms with Gasteiger partial charge in [-0.05, 0) is 66.9 Å². The first-order valence-corrected chi connectivity index (χ1v) is 14.5. The summed E-state index contributed by atoms with van der Waals surface area (Å²) in [5, 5.41) is 6.08. The summed E-state index contributed by atoms with van der Waals surface area (Å²) in [6.45, 7) is 4.10. The smallest absolute Gasteiger partial charge is 0.418 e. The van der Waals surface area contributed by atoms with Crippen molar-refractivity contribution >= 4 is 34.1 Å². The van der Waals surface area contributed by atoms with Gasteiger partial charge in [0.05, 0.1) is 31.7 Å². The molecule has 0 atom stereocenters. The molecule has 1 aromatic heterocycles. The van der Waals surface area contributed by atoms with Crippen LogP contribution in [0.2, 0.25) is 0 Å². The molecule has 2 heterocycles. The molecule has 2 N–H and O–H groups in total. The summed E-state index contributed by atoms with van der Waals surface area (Å²) < 4.78 is 59.3. The van der Waals surface area contributed by atoms with E-state index in [9.17, 15) is 22.8 Å². The van der Waals surface area contributed by atoms with Crippen LogP contribution in [0.3, 0.4) is 0 Å². The number of amides is 2. The molecule has 4 aromatic rings. The number of hydrogen-bond acceptors (Lipinski definition) is 7. The van der Waals surface area contributed by atoms with Gasteiger partial charge in [0, 0.05) is 48.2 Å². The number of piperidine rings is 1. The molecule has 0 radical (unpaired) electrons. The van der Waals surface area contributed by atoms with Crippen molar-refractivity contribution in [2.24, 2.45) is 0 Å². The average Bonchev–Trinajstić information content (AvgIpc) is 3.04. The van der Waals surface area contributed by atoms with Crippen molar-refractivity contribution in [2.45, 2.75) is 31.5 Å². The van der Waals surface area contributed by atoms with Gasteiger partial charge >= 0.3 is 6.18 Å². The molecule has 1 fully saturated rings. The molecular weight excluding hydrogens is 601 g/mol. The predicted octanol–water partition coefficient (Wildman–Crippen LogP) is 6.52. The van der Waals surface area contributed by atoms with Crippen LogP contribution < -0.4 is 29.7 Å². The van der Waals surface area contributed by atoms with Gasteiger partial charge < -0.3 is 29.7 Å². The van der Waals surface area contributed by atoms with Crippen LogP contribution in [0.1, 0.15) is 24.0 Å². The Labute approximate surface area is 264 Å². The fourth-order valence-corrected chi connectivity index (χ4v) is 5.41. The molecule has 0 aliphatic carbocycles. The van der Waals surface area contributed by atoms with E-state index in [0.717, 1.165) is 6.07 Å². The van der Waals surface area contributed by atoms with Crippen LogP contribution in [0.5, 0.6) is 23.0 Å². The number of nitrogens with zero attached hydrogens (tertiary/aromatic N) is 2. The van der Waals surface area contributed by atoms with E-state index >= 15 is 0 Å². The number of carbonyl (C=O) groups is 2. The highest BCUT2D eigenvalue weighted by Gasteiger charge is 2.36. The number of benzene rings is 3. The number of ether oxygens (including phenoxy) is 3. The van der Waals surface area contributed by atoms with Crippen molar-refractivity contribution in [3.8, 4) is 23.0 Å². The van der Waals surface area contributed by atoms with Gasteiger partial charge in [-0.3, -0.25) is 14.6 Å². The molecule has 0 saturated carbocycles. The Morgan fingerprint density at radius 2 is 1.74 bits per heavy atom. The molecule has 240 valence electrons. The second-order valence-electron chi connectivity index (χ2n) is 10.7. The van der Waals surface area contributed by atoms with E-state index in [1.807, 2.05) is 0 Å². The molecule has 0 spiro atoms. The third-order valence-electron chi connectivity index (χ3n) is 7.65. The predicted molar refractivity (Wildman–Crippen MR) is 169 cm³/mol. The summed E-state index contributed by atoms with van der Waals surface area (Å²) in [5.41, 5.74) is 0.467. The lowest BCUT2D eigenvalue weighted by molar-refractivity contribution is -0.137. The van der Waals surface area contributed by atoms with Gasteiger partial charge in [0.25, 0.3) is 0 Å². The van der Waals surface area contributed by atoms with Crippen molar-refractivity contribution < 1.29 is 37.0 Å². The van der Waals surface area contributed by atoms with E-state index in [-0.39, 0.29) is 29.7 Å². The Morgan fingerprint density at radius 3 is 2.43 bits per heavy atom. The Balaban J connectivity index is 1.27. The second kappa shape index (κ2) is 13.8. The average molecular weight is 635 g/mol. The summed E-state index contributed by atoms with van der Waals surface area (Å²) in [6, 6.07) is 15.8. The third-order valence-corrected chi connectivity index (χ3v) is 7.65. The molecule has 1 aliphatic heterocycles. The number of rotatable bonds is 10. The third kappa shape index (κ3) is 7.51. The molecule has 0 bridgehead atoms. The number of hydrogen-bond donors (Lipinski definition) is 2. The fourth-order valence-electron chi connectivity index (χ4n) is 5.41. The standard InChI is InChI=1S/C34H33F3N4O5/c1-4-32(42)39-22-11-14-41(15-12-22)28-9-8-23(18-26(28)34(35,36)37)40-33(43)17-21-6-5-7-24(16-21)46-29-10-13-38-27-20-31(45-3)30(44-2)19-25(27)29/h4-10,13,16,18-20,22H,1,11-12,14-15,17H2,2-3H3,(H,39,42)(H,40,43). The second-order valence-corrected chi connectivity index (χ2v) is 10.7. The number of halogens is 3. The maximum atomic E-state index is 14.1. The van der Waals surface area contributed by atoms with Crippen molar-refractivity contribution in [1.29, 1.82) is 0 Å². The Bertz CT molecular complexity index is 1750. The molecule has 5 rings (SSSR count). The zero-order chi connectivity index (χ0) is 32.8. The zero-order valence-electron chi connectivity index (χ0n) is 25.3. The van der Waals surface area contributed by atoms with Gasteiger partial charge in [-0.25, -0.2) is 0 Å². The van der Waals surface area contributed by atoms with Crippen LogP contribution in [0.15, 0.2) is 79.5 Å². The Morgan fingerprint density at radius 1 is 1.00 bits per heavy atom. The summed E-state index contributed by atoms with van der Waals surface area (Å²) in [5.74, 6) is 1.23. The van der Waals surface area contributed by atoms with E-state index in [1.54, 1.807) is 53.6 Å². The van der Waals surface area contributed by atoms with Crippen LogP contribution in [-0.4, -0.2) is 50.1 Å². The number of aromatic nitrogens is 1. The SMILES string of the molecule is C=CC(=O)NC1CCN(c2ccc(NC(=O)Cc3cccc(Oc4ccnc5cc(OC)c(OC)cc45)c3)cc2C(F)(F)F)CC1. The van der Waals surface area contributed by atoms with Gasteiger partial charge in [0.1, 0.15) is 11.5 Å². The summed E-state index contributed by atoms with van der Waals surface area (Å²) >= 11 is 0. The van der Waals surface area contributed by atoms with Gasteiger partial charge in [-0.15, -0.1) is 0 Å². The van der Waals surface area contributed by atoms with Crippen LogP contribution in [0.4, 0.5) is 24.5 Å². The first-order chi connectivity index (χ1) is 22.1. The van der Waals surface area contributed by atoms with E-state index in [4.69, 9.17) is 14.2 Å². The first kappa shape index (κ1) is 32.1. The number of anilines is 2. The van der Waals surface area contributed by atoms with Crippen LogP contribution in [-0.2, 0) is 22.2 Å². The Hall–Kier alpha value is -5.26. The van der Waals surface area contributed by atoms with E-state index in [2.05, 4.69) is 22.2 Å². The quantitative estimate of drug-likeness (QED) is 0.192. The van der Waals surface area contributed by atoms with E-state index < -0.39 is 17.6 Å². The van der Waals surface area contributed by atoms with Gasteiger partial charge in [-0.1, -0.05) is 18.7 Å². The Kier molecular flexibility index (Phi) is 9.64. The molecular formula is C34H33F3N4O5.